The van der Waals surface area contributed by atoms with Crippen LogP contribution in [0.25, 0.3) is 0 Å². The highest BCUT2D eigenvalue weighted by Crippen LogP contribution is 2.36. The molecule has 0 heterocycles. The summed E-state index contributed by atoms with van der Waals surface area (Å²) in [5.41, 5.74) is -0.713. The zero-order valence-electron chi connectivity index (χ0n) is 14.1. The Hall–Kier alpha value is -0.610. The van der Waals surface area contributed by atoms with Crippen molar-refractivity contribution in [2.24, 2.45) is 5.92 Å². The molecular weight excluding hydrogens is 264 g/mol. The summed E-state index contributed by atoms with van der Waals surface area (Å²) in [6.07, 6.45) is 7.65. The molecule has 2 rings (SSSR count). The summed E-state index contributed by atoms with van der Waals surface area (Å²) >= 11 is 0. The van der Waals surface area contributed by atoms with Crippen LogP contribution in [0.4, 0.5) is 0 Å². The SMILES string of the molecule is CC1CCC(N(C)C2CCC(NC(C)C)(C(=O)O)C2)CC1. The average molecular weight is 296 g/mol. The van der Waals surface area contributed by atoms with Crippen LogP contribution in [-0.2, 0) is 4.79 Å². The normalized spacial score (nSPS) is 37.3. The van der Waals surface area contributed by atoms with Gasteiger partial charge in [-0.3, -0.25) is 10.1 Å². The van der Waals surface area contributed by atoms with Crippen LogP contribution < -0.4 is 5.32 Å². The summed E-state index contributed by atoms with van der Waals surface area (Å²) in [4.78, 5) is 14.3. The molecule has 2 atom stereocenters. The summed E-state index contributed by atoms with van der Waals surface area (Å²) in [6, 6.07) is 1.27. The molecule has 2 fully saturated rings. The van der Waals surface area contributed by atoms with Crippen LogP contribution in [0.1, 0.15) is 65.7 Å². The van der Waals surface area contributed by atoms with Crippen molar-refractivity contribution in [3.05, 3.63) is 0 Å². The summed E-state index contributed by atoms with van der Waals surface area (Å²) in [7, 11) is 2.21. The van der Waals surface area contributed by atoms with Crippen molar-refractivity contribution in [2.75, 3.05) is 7.05 Å². The second-order valence-electron chi connectivity index (χ2n) is 7.66. The van der Waals surface area contributed by atoms with E-state index in [9.17, 15) is 9.90 Å². The molecule has 2 unspecified atom stereocenters. The van der Waals surface area contributed by atoms with Gasteiger partial charge in [-0.15, -0.1) is 0 Å². The molecule has 0 aromatic heterocycles. The summed E-state index contributed by atoms with van der Waals surface area (Å²) < 4.78 is 0. The van der Waals surface area contributed by atoms with Crippen molar-refractivity contribution in [3.8, 4) is 0 Å². The van der Waals surface area contributed by atoms with E-state index in [1.807, 2.05) is 13.8 Å². The van der Waals surface area contributed by atoms with Crippen LogP contribution in [0.5, 0.6) is 0 Å². The summed E-state index contributed by atoms with van der Waals surface area (Å²) in [6.45, 7) is 6.41. The molecule has 2 saturated carbocycles. The van der Waals surface area contributed by atoms with Gasteiger partial charge in [0.2, 0.25) is 0 Å². The van der Waals surface area contributed by atoms with E-state index in [0.29, 0.717) is 12.1 Å². The zero-order chi connectivity index (χ0) is 15.6. The predicted octanol–water partition coefficient (Wildman–Crippen LogP) is 2.87. The predicted molar refractivity (Wildman–Crippen MR) is 85.5 cm³/mol. The van der Waals surface area contributed by atoms with Crippen LogP contribution in [0.15, 0.2) is 0 Å². The highest BCUT2D eigenvalue weighted by Gasteiger charge is 2.47. The van der Waals surface area contributed by atoms with E-state index in [1.165, 1.54) is 25.7 Å². The van der Waals surface area contributed by atoms with Gasteiger partial charge in [0.25, 0.3) is 0 Å². The van der Waals surface area contributed by atoms with Gasteiger partial charge in [-0.2, -0.15) is 0 Å². The van der Waals surface area contributed by atoms with Crippen molar-refractivity contribution in [2.45, 2.75) is 89.4 Å². The fourth-order valence-corrected chi connectivity index (χ4v) is 4.25. The van der Waals surface area contributed by atoms with E-state index in [0.717, 1.165) is 25.2 Å². The Morgan fingerprint density at radius 3 is 2.33 bits per heavy atom. The number of rotatable bonds is 5. The summed E-state index contributed by atoms with van der Waals surface area (Å²) in [5.74, 6) is 0.184. The third kappa shape index (κ3) is 3.78. The molecule has 0 saturated heterocycles. The standard InChI is InChI=1S/C17H32N2O2/c1-12(2)18-17(16(20)21)10-9-15(11-17)19(4)14-7-5-13(3)6-8-14/h12-15,18H,5-11H2,1-4H3,(H,20,21). The first kappa shape index (κ1) is 16.8. The van der Waals surface area contributed by atoms with Gasteiger partial charge < -0.3 is 10.0 Å². The maximum Gasteiger partial charge on any atom is 0.323 e. The van der Waals surface area contributed by atoms with Gasteiger partial charge in [-0.1, -0.05) is 6.92 Å². The number of carboxylic acid groups (broad SMARTS) is 1. The van der Waals surface area contributed by atoms with Gasteiger partial charge in [0.1, 0.15) is 5.54 Å². The molecule has 0 spiro atoms. The van der Waals surface area contributed by atoms with Crippen molar-refractivity contribution in [1.82, 2.24) is 10.2 Å². The smallest absolute Gasteiger partial charge is 0.323 e. The molecule has 21 heavy (non-hydrogen) atoms. The monoisotopic (exact) mass is 296 g/mol. The molecule has 0 aromatic carbocycles. The lowest BCUT2D eigenvalue weighted by Crippen LogP contribution is -2.54. The van der Waals surface area contributed by atoms with E-state index < -0.39 is 11.5 Å². The molecule has 0 amide bonds. The molecule has 0 bridgehead atoms. The van der Waals surface area contributed by atoms with Crippen LogP contribution in [0, 0.1) is 5.92 Å². The Balaban J connectivity index is 1.98. The number of nitrogens with zero attached hydrogens (tertiary/aromatic N) is 1. The Labute approximate surface area is 129 Å². The van der Waals surface area contributed by atoms with Crippen molar-refractivity contribution in [3.63, 3.8) is 0 Å². The number of carbonyl (C=O) groups is 1. The number of aliphatic carboxylic acids is 1. The molecular formula is C17H32N2O2. The number of nitrogens with one attached hydrogen (secondary N) is 1. The van der Waals surface area contributed by atoms with E-state index >= 15 is 0 Å². The Morgan fingerprint density at radius 1 is 1.19 bits per heavy atom. The quantitative estimate of drug-likeness (QED) is 0.819. The molecule has 2 N–H and O–H groups in total. The van der Waals surface area contributed by atoms with Crippen molar-refractivity contribution in [1.29, 1.82) is 0 Å². The molecule has 122 valence electrons. The lowest BCUT2D eigenvalue weighted by atomic mass is 9.86. The molecule has 2 aliphatic rings. The number of hydrogen-bond donors (Lipinski definition) is 2. The van der Waals surface area contributed by atoms with Crippen molar-refractivity contribution < 1.29 is 9.90 Å². The fraction of sp³-hybridized carbons (Fsp3) is 0.941. The minimum Gasteiger partial charge on any atom is -0.480 e. The van der Waals surface area contributed by atoms with Crippen LogP contribution in [0.2, 0.25) is 0 Å². The maximum absolute atomic E-state index is 11.8. The first-order valence-electron chi connectivity index (χ1n) is 8.57. The van der Waals surface area contributed by atoms with Gasteiger partial charge in [0.15, 0.2) is 0 Å². The third-order valence-electron chi connectivity index (χ3n) is 5.60. The molecule has 2 aliphatic carbocycles. The minimum absolute atomic E-state index is 0.209. The first-order chi connectivity index (χ1) is 9.84. The van der Waals surface area contributed by atoms with E-state index in [2.05, 4.69) is 24.2 Å². The van der Waals surface area contributed by atoms with Gasteiger partial charge in [-0.05, 0) is 71.8 Å². The van der Waals surface area contributed by atoms with Gasteiger partial charge in [-0.25, -0.2) is 0 Å². The fourth-order valence-electron chi connectivity index (χ4n) is 4.25. The van der Waals surface area contributed by atoms with Crippen LogP contribution >= 0.6 is 0 Å². The molecule has 0 aromatic rings. The number of hydrogen-bond acceptors (Lipinski definition) is 3. The minimum atomic E-state index is -0.713. The topological polar surface area (TPSA) is 52.6 Å². The molecule has 0 aliphatic heterocycles. The lowest BCUT2D eigenvalue weighted by Gasteiger charge is -2.38. The first-order valence-corrected chi connectivity index (χ1v) is 8.57. The zero-order valence-corrected chi connectivity index (χ0v) is 14.1. The third-order valence-corrected chi connectivity index (χ3v) is 5.60. The van der Waals surface area contributed by atoms with Crippen molar-refractivity contribution >= 4 is 5.97 Å². The maximum atomic E-state index is 11.8. The second kappa shape index (κ2) is 6.66. The Kier molecular flexibility index (Phi) is 5.31. The highest BCUT2D eigenvalue weighted by atomic mass is 16.4. The largest absolute Gasteiger partial charge is 0.480 e. The van der Waals surface area contributed by atoms with Gasteiger partial charge >= 0.3 is 5.97 Å². The highest BCUT2D eigenvalue weighted by molar-refractivity contribution is 5.79. The molecule has 0 radical (unpaired) electrons. The molecule has 4 nitrogen and oxygen atoms in total. The average Bonchev–Trinajstić information content (AvgIpc) is 2.83. The van der Waals surface area contributed by atoms with Gasteiger partial charge in [0, 0.05) is 18.1 Å². The Morgan fingerprint density at radius 2 is 1.81 bits per heavy atom. The second-order valence-corrected chi connectivity index (χ2v) is 7.66. The lowest BCUT2D eigenvalue weighted by molar-refractivity contribution is -0.145. The summed E-state index contributed by atoms with van der Waals surface area (Å²) in [5, 5.41) is 13.0. The van der Waals surface area contributed by atoms with E-state index in [-0.39, 0.29) is 6.04 Å². The van der Waals surface area contributed by atoms with E-state index in [4.69, 9.17) is 0 Å². The van der Waals surface area contributed by atoms with Crippen LogP contribution in [0.3, 0.4) is 0 Å². The number of carboxylic acids is 1. The van der Waals surface area contributed by atoms with Crippen LogP contribution in [-0.4, -0.2) is 46.7 Å². The molecule has 4 heteroatoms. The Bertz CT molecular complexity index is 364. The van der Waals surface area contributed by atoms with Gasteiger partial charge in [0.05, 0.1) is 0 Å². The van der Waals surface area contributed by atoms with E-state index in [1.54, 1.807) is 0 Å².